The van der Waals surface area contributed by atoms with E-state index in [2.05, 4.69) is 5.32 Å². The quantitative estimate of drug-likeness (QED) is 0.867. The van der Waals surface area contributed by atoms with Gasteiger partial charge in [0.15, 0.2) is 11.6 Å². The van der Waals surface area contributed by atoms with Crippen LogP contribution in [-0.4, -0.2) is 42.9 Å². The molecule has 2 rings (SSSR count). The number of phenols is 1. The van der Waals surface area contributed by atoms with Gasteiger partial charge < -0.3 is 10.4 Å². The summed E-state index contributed by atoms with van der Waals surface area (Å²) in [4.78, 5) is 1.84. The van der Waals surface area contributed by atoms with E-state index in [4.69, 9.17) is 5.26 Å². The number of alkyl halides is 1. The van der Waals surface area contributed by atoms with Crippen LogP contribution < -0.4 is 5.32 Å². The topological polar surface area (TPSA) is 59.3 Å². The van der Waals surface area contributed by atoms with Gasteiger partial charge in [-0.25, -0.2) is 8.78 Å². The van der Waals surface area contributed by atoms with Gasteiger partial charge in [-0.1, -0.05) is 0 Å². The molecule has 0 bridgehead atoms. The summed E-state index contributed by atoms with van der Waals surface area (Å²) in [6, 6.07) is 3.40. The minimum Gasteiger partial charge on any atom is -0.505 e. The number of rotatable bonds is 3. The molecule has 2 N–H and O–H groups in total. The van der Waals surface area contributed by atoms with Crippen LogP contribution in [0.15, 0.2) is 12.1 Å². The van der Waals surface area contributed by atoms with Gasteiger partial charge in [0.05, 0.1) is 17.7 Å². The molecule has 1 aliphatic heterocycles. The zero-order valence-electron chi connectivity index (χ0n) is 10.4. The van der Waals surface area contributed by atoms with E-state index < -0.39 is 24.3 Å². The van der Waals surface area contributed by atoms with Gasteiger partial charge in [0.1, 0.15) is 6.67 Å². The number of nitrogens with zero attached hydrogens (tertiary/aromatic N) is 2. The highest BCUT2D eigenvalue weighted by Crippen LogP contribution is 2.32. The van der Waals surface area contributed by atoms with Crippen molar-refractivity contribution < 1.29 is 13.9 Å². The van der Waals surface area contributed by atoms with Crippen molar-refractivity contribution >= 4 is 0 Å². The van der Waals surface area contributed by atoms with Crippen molar-refractivity contribution in [2.24, 2.45) is 0 Å². The molecular formula is C13H15F2N3O. The summed E-state index contributed by atoms with van der Waals surface area (Å²) in [5.41, 5.74) is 0.222. The summed E-state index contributed by atoms with van der Waals surface area (Å²) in [5, 5.41) is 21.7. The number of benzene rings is 1. The molecule has 1 atom stereocenters. The van der Waals surface area contributed by atoms with E-state index in [1.165, 1.54) is 6.07 Å². The summed E-state index contributed by atoms with van der Waals surface area (Å²) >= 11 is 0. The molecule has 102 valence electrons. The SMILES string of the molecule is N#Cc1cc(F)c(O)c([C@@H](CF)N2CCNCC2)c1. The number of hydrogen-bond acceptors (Lipinski definition) is 4. The van der Waals surface area contributed by atoms with E-state index in [9.17, 15) is 13.9 Å². The molecular weight excluding hydrogens is 252 g/mol. The Morgan fingerprint density at radius 1 is 1.42 bits per heavy atom. The van der Waals surface area contributed by atoms with E-state index >= 15 is 0 Å². The summed E-state index contributed by atoms with van der Waals surface area (Å²) in [5.74, 6) is -1.46. The van der Waals surface area contributed by atoms with E-state index in [0.29, 0.717) is 13.1 Å². The lowest BCUT2D eigenvalue weighted by Gasteiger charge is -2.33. The molecule has 0 aromatic heterocycles. The maximum absolute atomic E-state index is 13.5. The van der Waals surface area contributed by atoms with Crippen molar-refractivity contribution in [1.82, 2.24) is 10.2 Å². The number of nitriles is 1. The molecule has 1 heterocycles. The molecule has 4 nitrogen and oxygen atoms in total. The molecule has 19 heavy (non-hydrogen) atoms. The molecule has 0 radical (unpaired) electrons. The molecule has 1 aliphatic rings. The maximum Gasteiger partial charge on any atom is 0.166 e. The van der Waals surface area contributed by atoms with E-state index in [1.54, 1.807) is 0 Å². The van der Waals surface area contributed by atoms with Gasteiger partial charge in [-0.2, -0.15) is 5.26 Å². The Labute approximate surface area is 110 Å². The molecule has 1 aromatic rings. The Bertz CT molecular complexity index is 495. The highest BCUT2D eigenvalue weighted by molar-refractivity contribution is 5.44. The van der Waals surface area contributed by atoms with Crippen LogP contribution in [0.3, 0.4) is 0 Å². The first kappa shape index (κ1) is 13.7. The van der Waals surface area contributed by atoms with Crippen molar-refractivity contribution in [3.05, 3.63) is 29.1 Å². The van der Waals surface area contributed by atoms with E-state index in [1.807, 2.05) is 11.0 Å². The van der Waals surface area contributed by atoms with Gasteiger partial charge in [0, 0.05) is 31.7 Å². The number of piperazine rings is 1. The highest BCUT2D eigenvalue weighted by Gasteiger charge is 2.26. The lowest BCUT2D eigenvalue weighted by molar-refractivity contribution is 0.144. The predicted molar refractivity (Wildman–Crippen MR) is 65.9 cm³/mol. The van der Waals surface area contributed by atoms with E-state index in [0.717, 1.165) is 19.2 Å². The third-order valence-corrected chi connectivity index (χ3v) is 3.32. The molecule has 1 saturated heterocycles. The van der Waals surface area contributed by atoms with Crippen LogP contribution in [0.2, 0.25) is 0 Å². The van der Waals surface area contributed by atoms with Crippen LogP contribution >= 0.6 is 0 Å². The first-order valence-corrected chi connectivity index (χ1v) is 6.10. The average molecular weight is 267 g/mol. The second kappa shape index (κ2) is 5.95. The monoisotopic (exact) mass is 267 g/mol. The van der Waals surface area contributed by atoms with Crippen LogP contribution in [0, 0.1) is 17.1 Å². The van der Waals surface area contributed by atoms with Crippen molar-refractivity contribution in [3.63, 3.8) is 0 Å². The van der Waals surface area contributed by atoms with Crippen LogP contribution in [0.1, 0.15) is 17.2 Å². The third-order valence-electron chi connectivity index (χ3n) is 3.32. The number of hydrogen-bond donors (Lipinski definition) is 2. The minimum atomic E-state index is -0.886. The number of aromatic hydroxyl groups is 1. The largest absolute Gasteiger partial charge is 0.505 e. The third kappa shape index (κ3) is 2.83. The van der Waals surface area contributed by atoms with Crippen LogP contribution in [0.5, 0.6) is 5.75 Å². The van der Waals surface area contributed by atoms with Crippen LogP contribution in [-0.2, 0) is 0 Å². The van der Waals surface area contributed by atoms with Crippen LogP contribution in [0.25, 0.3) is 0 Å². The summed E-state index contributed by atoms with van der Waals surface area (Å²) in [7, 11) is 0. The molecule has 0 spiro atoms. The molecule has 6 heteroatoms. The number of halogens is 2. The second-order valence-electron chi connectivity index (χ2n) is 4.46. The Morgan fingerprint density at radius 3 is 2.68 bits per heavy atom. The minimum absolute atomic E-state index is 0.0823. The molecule has 0 aliphatic carbocycles. The smallest absolute Gasteiger partial charge is 0.166 e. The van der Waals surface area contributed by atoms with Crippen molar-refractivity contribution in [2.75, 3.05) is 32.9 Å². The summed E-state index contributed by atoms with van der Waals surface area (Å²) in [6.07, 6.45) is 0. The Kier molecular flexibility index (Phi) is 4.30. The van der Waals surface area contributed by atoms with Crippen molar-refractivity contribution in [1.29, 1.82) is 5.26 Å². The number of nitrogens with one attached hydrogen (secondary N) is 1. The average Bonchev–Trinajstić information content (AvgIpc) is 2.45. The fourth-order valence-electron chi connectivity index (χ4n) is 2.31. The second-order valence-corrected chi connectivity index (χ2v) is 4.46. The normalized spacial score (nSPS) is 17.9. The Morgan fingerprint density at radius 2 is 2.11 bits per heavy atom. The highest BCUT2D eigenvalue weighted by atomic mass is 19.1. The lowest BCUT2D eigenvalue weighted by atomic mass is 10.0. The fraction of sp³-hybridized carbons (Fsp3) is 0.462. The molecule has 0 amide bonds. The number of phenolic OH excluding ortho intramolecular Hbond substituents is 1. The van der Waals surface area contributed by atoms with Gasteiger partial charge in [0.25, 0.3) is 0 Å². The Hall–Kier alpha value is -1.71. The van der Waals surface area contributed by atoms with E-state index in [-0.39, 0.29) is 11.1 Å². The van der Waals surface area contributed by atoms with Gasteiger partial charge in [-0.15, -0.1) is 0 Å². The van der Waals surface area contributed by atoms with Gasteiger partial charge >= 0.3 is 0 Å². The lowest BCUT2D eigenvalue weighted by Crippen LogP contribution is -2.45. The van der Waals surface area contributed by atoms with Gasteiger partial charge in [-0.05, 0) is 12.1 Å². The molecule has 0 saturated carbocycles. The first-order chi connectivity index (χ1) is 9.17. The maximum atomic E-state index is 13.5. The van der Waals surface area contributed by atoms with Gasteiger partial charge in [-0.3, -0.25) is 4.90 Å². The van der Waals surface area contributed by atoms with Crippen LogP contribution in [0.4, 0.5) is 8.78 Å². The van der Waals surface area contributed by atoms with Crippen molar-refractivity contribution in [3.8, 4) is 11.8 Å². The molecule has 1 aromatic carbocycles. The summed E-state index contributed by atoms with van der Waals surface area (Å²) < 4.78 is 26.8. The first-order valence-electron chi connectivity index (χ1n) is 6.10. The standard InChI is InChI=1S/C13H15F2N3O/c14-7-12(18-3-1-17-2-4-18)10-5-9(8-16)6-11(15)13(10)19/h5-6,12,17,19H,1-4,7H2/t12-/m1/s1. The van der Waals surface area contributed by atoms with Gasteiger partial charge in [0.2, 0.25) is 0 Å². The fourth-order valence-corrected chi connectivity index (χ4v) is 2.31. The summed E-state index contributed by atoms with van der Waals surface area (Å²) in [6.45, 7) is 1.94. The predicted octanol–water partition coefficient (Wildman–Crippen LogP) is 1.32. The molecule has 1 fully saturated rings. The Balaban J connectivity index is 2.37. The zero-order chi connectivity index (χ0) is 13.8. The van der Waals surface area contributed by atoms with Crippen molar-refractivity contribution in [2.45, 2.75) is 6.04 Å². The molecule has 0 unspecified atom stereocenters. The zero-order valence-corrected chi connectivity index (χ0v) is 10.4.